The van der Waals surface area contributed by atoms with Crippen LogP contribution in [0.5, 0.6) is 5.75 Å². The van der Waals surface area contributed by atoms with Gasteiger partial charge in [0.05, 0.1) is 13.2 Å². The molecule has 4 rings (SSSR count). The molecule has 1 aromatic carbocycles. The Morgan fingerprint density at radius 2 is 1.64 bits per heavy atom. The molecule has 1 saturated carbocycles. The first-order chi connectivity index (χ1) is 11.9. The Morgan fingerprint density at radius 3 is 2.28 bits per heavy atom. The molecule has 0 amide bonds. The molecule has 0 bridgehead atoms. The van der Waals surface area contributed by atoms with Gasteiger partial charge in [-0.25, -0.2) is 0 Å². The van der Waals surface area contributed by atoms with E-state index >= 15 is 0 Å². The molecular formula is C17H22O8. The minimum atomic E-state index is -1.60. The van der Waals surface area contributed by atoms with Crippen LogP contribution in [0.3, 0.4) is 0 Å². The van der Waals surface area contributed by atoms with Gasteiger partial charge < -0.3 is 39.4 Å². The van der Waals surface area contributed by atoms with E-state index in [-0.39, 0.29) is 0 Å². The topological polar surface area (TPSA) is 118 Å². The van der Waals surface area contributed by atoms with Gasteiger partial charge in [0.15, 0.2) is 17.7 Å². The summed E-state index contributed by atoms with van der Waals surface area (Å²) in [5.74, 6) is -0.317. The van der Waals surface area contributed by atoms with Gasteiger partial charge in [-0.3, -0.25) is 0 Å². The van der Waals surface area contributed by atoms with Crippen molar-refractivity contribution in [3.63, 3.8) is 0 Å². The maximum absolute atomic E-state index is 10.4. The summed E-state index contributed by atoms with van der Waals surface area (Å²) in [5.41, 5.74) is -0.352. The molecule has 0 spiro atoms. The SMILES string of the molecule is CC1(c2ccc(OC34CC3OC(O)C(O)C(O)C4O)cc2)OCCO1. The lowest BCUT2D eigenvalue weighted by Crippen LogP contribution is -2.50. The largest absolute Gasteiger partial charge is 0.482 e. The van der Waals surface area contributed by atoms with Crippen molar-refractivity contribution in [1.29, 1.82) is 0 Å². The summed E-state index contributed by atoms with van der Waals surface area (Å²) in [5, 5.41) is 39.8. The van der Waals surface area contributed by atoms with Crippen molar-refractivity contribution in [3.05, 3.63) is 29.8 Å². The number of rotatable bonds is 3. The summed E-state index contributed by atoms with van der Waals surface area (Å²) >= 11 is 0. The summed E-state index contributed by atoms with van der Waals surface area (Å²) in [6.45, 7) is 2.91. The fraction of sp³-hybridized carbons (Fsp3) is 0.647. The second kappa shape index (κ2) is 5.88. The molecule has 3 aliphatic rings. The molecule has 2 saturated heterocycles. The minimum Gasteiger partial charge on any atom is -0.482 e. The third-order valence-corrected chi connectivity index (χ3v) is 5.18. The van der Waals surface area contributed by atoms with E-state index < -0.39 is 42.1 Å². The molecule has 6 atom stereocenters. The number of aliphatic hydroxyl groups excluding tert-OH is 4. The van der Waals surface area contributed by atoms with Gasteiger partial charge in [0.2, 0.25) is 0 Å². The summed E-state index contributed by atoms with van der Waals surface area (Å²) < 4.78 is 22.4. The quantitative estimate of drug-likeness (QED) is 0.559. The van der Waals surface area contributed by atoms with E-state index in [0.717, 1.165) is 5.56 Å². The molecule has 4 N–H and O–H groups in total. The molecule has 6 unspecified atom stereocenters. The van der Waals surface area contributed by atoms with Gasteiger partial charge in [-0.15, -0.1) is 0 Å². The van der Waals surface area contributed by atoms with Crippen LogP contribution in [0.15, 0.2) is 24.3 Å². The maximum atomic E-state index is 10.4. The first-order valence-electron chi connectivity index (χ1n) is 8.31. The Morgan fingerprint density at radius 1 is 1.00 bits per heavy atom. The van der Waals surface area contributed by atoms with Crippen molar-refractivity contribution in [2.45, 2.75) is 55.4 Å². The van der Waals surface area contributed by atoms with Crippen LogP contribution in [-0.4, -0.2) is 69.9 Å². The smallest absolute Gasteiger partial charge is 0.192 e. The predicted molar refractivity (Wildman–Crippen MR) is 82.6 cm³/mol. The van der Waals surface area contributed by atoms with Gasteiger partial charge in [0.1, 0.15) is 30.2 Å². The van der Waals surface area contributed by atoms with E-state index in [9.17, 15) is 20.4 Å². The Hall–Kier alpha value is -1.26. The van der Waals surface area contributed by atoms with E-state index in [1.54, 1.807) is 24.3 Å². The number of benzene rings is 1. The van der Waals surface area contributed by atoms with Crippen molar-refractivity contribution in [2.24, 2.45) is 0 Å². The second-order valence-corrected chi connectivity index (χ2v) is 6.87. The number of ether oxygens (including phenoxy) is 4. The average molecular weight is 354 g/mol. The highest BCUT2D eigenvalue weighted by atomic mass is 16.7. The Labute approximate surface area is 144 Å². The lowest BCUT2D eigenvalue weighted by Gasteiger charge is -2.28. The molecule has 0 aromatic heterocycles. The van der Waals surface area contributed by atoms with Crippen molar-refractivity contribution < 1.29 is 39.4 Å². The van der Waals surface area contributed by atoms with E-state index in [1.165, 1.54) is 0 Å². The van der Waals surface area contributed by atoms with E-state index in [2.05, 4.69) is 0 Å². The number of fused-ring (bicyclic) bond motifs is 1. The number of aliphatic hydroxyl groups is 4. The molecule has 0 radical (unpaired) electrons. The van der Waals surface area contributed by atoms with Crippen LogP contribution in [0.1, 0.15) is 18.9 Å². The van der Waals surface area contributed by atoms with Gasteiger partial charge in [-0.05, 0) is 31.2 Å². The molecule has 25 heavy (non-hydrogen) atoms. The zero-order chi connectivity index (χ0) is 17.8. The van der Waals surface area contributed by atoms with Gasteiger partial charge >= 0.3 is 0 Å². The molecule has 138 valence electrons. The summed E-state index contributed by atoms with van der Waals surface area (Å²) in [4.78, 5) is 0. The zero-order valence-corrected chi connectivity index (χ0v) is 13.7. The molecule has 2 heterocycles. The van der Waals surface area contributed by atoms with Crippen LogP contribution < -0.4 is 4.74 Å². The summed E-state index contributed by atoms with van der Waals surface area (Å²) in [7, 11) is 0. The van der Waals surface area contributed by atoms with Crippen LogP contribution in [0.2, 0.25) is 0 Å². The number of hydrogen-bond donors (Lipinski definition) is 4. The highest BCUT2D eigenvalue weighted by Crippen LogP contribution is 2.49. The molecule has 1 aliphatic carbocycles. The first kappa shape index (κ1) is 17.2. The van der Waals surface area contributed by atoms with Crippen molar-refractivity contribution in [3.8, 4) is 5.75 Å². The molecule has 3 fully saturated rings. The van der Waals surface area contributed by atoms with Crippen LogP contribution in [0.25, 0.3) is 0 Å². The van der Waals surface area contributed by atoms with Crippen molar-refractivity contribution in [2.75, 3.05) is 13.2 Å². The molecular weight excluding hydrogens is 332 g/mol. The molecule has 1 aromatic rings. The molecule has 8 heteroatoms. The third kappa shape index (κ3) is 2.74. The third-order valence-electron chi connectivity index (χ3n) is 5.18. The molecule has 8 nitrogen and oxygen atoms in total. The van der Waals surface area contributed by atoms with Crippen LogP contribution in [0.4, 0.5) is 0 Å². The fourth-order valence-corrected chi connectivity index (χ4v) is 3.49. The van der Waals surface area contributed by atoms with E-state index in [1.807, 2.05) is 6.92 Å². The second-order valence-electron chi connectivity index (χ2n) is 6.87. The summed E-state index contributed by atoms with van der Waals surface area (Å²) in [6, 6.07) is 7.04. The lowest BCUT2D eigenvalue weighted by atomic mass is 10.0. The maximum Gasteiger partial charge on any atom is 0.192 e. The Kier molecular flexibility index (Phi) is 4.04. The van der Waals surface area contributed by atoms with E-state index in [0.29, 0.717) is 25.4 Å². The minimum absolute atomic E-state index is 0.306. The zero-order valence-electron chi connectivity index (χ0n) is 13.7. The van der Waals surface area contributed by atoms with Gasteiger partial charge in [0.25, 0.3) is 0 Å². The van der Waals surface area contributed by atoms with Gasteiger partial charge in [-0.2, -0.15) is 0 Å². The van der Waals surface area contributed by atoms with Crippen LogP contribution in [-0.2, 0) is 20.0 Å². The predicted octanol–water partition coefficient (Wildman–Crippen LogP) is -0.773. The Bertz CT molecular complexity index is 628. The van der Waals surface area contributed by atoms with Gasteiger partial charge in [-0.1, -0.05) is 0 Å². The normalized spacial score (nSPS) is 42.5. The van der Waals surface area contributed by atoms with Gasteiger partial charge in [0, 0.05) is 12.0 Å². The van der Waals surface area contributed by atoms with Crippen molar-refractivity contribution >= 4 is 0 Å². The highest BCUT2D eigenvalue weighted by Gasteiger charge is 2.68. The average Bonchev–Trinajstić information content (AvgIpc) is 3.10. The standard InChI is InChI=1S/C17H22O8/c1-16(22-6-7-23-16)9-2-4-10(5-3-9)25-17-8-11(17)24-15(21)13(19)12(18)14(17)20/h2-5,11-15,18-21H,6-8H2,1H3. The van der Waals surface area contributed by atoms with Crippen LogP contribution in [0, 0.1) is 0 Å². The van der Waals surface area contributed by atoms with Crippen LogP contribution >= 0.6 is 0 Å². The van der Waals surface area contributed by atoms with Crippen molar-refractivity contribution in [1.82, 2.24) is 0 Å². The molecule has 2 aliphatic heterocycles. The first-order valence-corrected chi connectivity index (χ1v) is 8.31. The van der Waals surface area contributed by atoms with E-state index in [4.69, 9.17) is 18.9 Å². The lowest BCUT2D eigenvalue weighted by molar-refractivity contribution is -0.191. The highest BCUT2D eigenvalue weighted by molar-refractivity contribution is 5.32. The monoisotopic (exact) mass is 354 g/mol. The Balaban J connectivity index is 1.52. The summed E-state index contributed by atoms with van der Waals surface area (Å²) in [6.07, 6.45) is -6.42. The fourth-order valence-electron chi connectivity index (χ4n) is 3.49. The number of hydrogen-bond acceptors (Lipinski definition) is 8.